The molecule has 0 aliphatic heterocycles. The van der Waals surface area contributed by atoms with Gasteiger partial charge in [-0.3, -0.25) is 0 Å². The number of aryl methyl sites for hydroxylation is 1. The lowest BCUT2D eigenvalue weighted by molar-refractivity contribution is -0.154. The van der Waals surface area contributed by atoms with E-state index in [-0.39, 0.29) is 18.0 Å². The summed E-state index contributed by atoms with van der Waals surface area (Å²) in [7, 11) is 1.52. The van der Waals surface area contributed by atoms with E-state index in [0.717, 1.165) is 17.7 Å². The Morgan fingerprint density at radius 3 is 2.25 bits per heavy atom. The number of carbonyl (C=O) groups is 1. The number of carbonyl (C=O) groups excluding carboxylic acids is 1. The Morgan fingerprint density at radius 2 is 1.52 bits per heavy atom. The van der Waals surface area contributed by atoms with Gasteiger partial charge in [-0.1, -0.05) is 105 Å². The minimum atomic E-state index is -0.625. The molecule has 0 aromatic heterocycles. The standard InChI is InChI=1S/C39H42O5/c1-5-28-14-21-35-33(24-28)18-16-31-15-17-32(27(3)30-10-8-7-9-11-30)26-36(31)38(35)44-23-22-43-34-19-12-29(13-20-34)25-37(41-4)39(40)42-6-2/h7-21,24,26-27,37-38H,5-6,22-23,25H2,1-4H3. The molecule has 1 aliphatic rings. The zero-order valence-corrected chi connectivity index (χ0v) is 26.1. The Morgan fingerprint density at radius 1 is 0.773 bits per heavy atom. The van der Waals surface area contributed by atoms with Crippen LogP contribution in [0, 0.1) is 0 Å². The van der Waals surface area contributed by atoms with Gasteiger partial charge in [0.05, 0.1) is 13.2 Å². The molecule has 0 bridgehead atoms. The van der Waals surface area contributed by atoms with Crippen LogP contribution >= 0.6 is 0 Å². The zero-order valence-electron chi connectivity index (χ0n) is 26.1. The number of ether oxygens (including phenoxy) is 4. The van der Waals surface area contributed by atoms with Crippen molar-refractivity contribution in [3.8, 4) is 5.75 Å². The highest BCUT2D eigenvalue weighted by molar-refractivity contribution is 5.77. The maximum absolute atomic E-state index is 12.1. The summed E-state index contributed by atoms with van der Waals surface area (Å²) in [5.74, 6) is 0.660. The molecule has 0 fully saturated rings. The normalized spacial score (nSPS) is 15.0. The molecule has 3 unspecified atom stereocenters. The molecule has 44 heavy (non-hydrogen) atoms. The van der Waals surface area contributed by atoms with E-state index >= 15 is 0 Å². The summed E-state index contributed by atoms with van der Waals surface area (Å²) in [4.78, 5) is 12.1. The zero-order chi connectivity index (χ0) is 30.9. The number of rotatable bonds is 13. The molecule has 5 heteroatoms. The molecule has 4 aromatic rings. The van der Waals surface area contributed by atoms with Crippen molar-refractivity contribution < 1.29 is 23.7 Å². The summed E-state index contributed by atoms with van der Waals surface area (Å²) < 4.78 is 23.2. The van der Waals surface area contributed by atoms with Gasteiger partial charge in [0.2, 0.25) is 0 Å². The highest BCUT2D eigenvalue weighted by atomic mass is 16.6. The maximum atomic E-state index is 12.1. The first-order chi connectivity index (χ1) is 21.5. The van der Waals surface area contributed by atoms with Crippen LogP contribution in [-0.2, 0) is 31.8 Å². The van der Waals surface area contributed by atoms with Gasteiger partial charge in [-0.05, 0) is 70.0 Å². The van der Waals surface area contributed by atoms with Gasteiger partial charge in [-0.15, -0.1) is 0 Å². The van der Waals surface area contributed by atoms with E-state index in [4.69, 9.17) is 18.9 Å². The van der Waals surface area contributed by atoms with Crippen molar-refractivity contribution in [1.29, 1.82) is 0 Å². The number of methoxy groups -OCH3 is 1. The topological polar surface area (TPSA) is 54.0 Å². The van der Waals surface area contributed by atoms with E-state index in [2.05, 4.69) is 92.7 Å². The summed E-state index contributed by atoms with van der Waals surface area (Å²) in [6.45, 7) is 7.39. The molecule has 1 aliphatic carbocycles. The summed E-state index contributed by atoms with van der Waals surface area (Å²) in [6, 6.07) is 31.8. The van der Waals surface area contributed by atoms with Crippen LogP contribution in [0.3, 0.4) is 0 Å². The first kappa shape index (κ1) is 31.2. The fourth-order valence-electron chi connectivity index (χ4n) is 5.69. The third-order valence-electron chi connectivity index (χ3n) is 8.29. The van der Waals surface area contributed by atoms with Gasteiger partial charge in [0, 0.05) is 19.4 Å². The first-order valence-corrected chi connectivity index (χ1v) is 15.5. The Kier molecular flexibility index (Phi) is 10.7. The lowest BCUT2D eigenvalue weighted by Crippen LogP contribution is -2.27. The number of esters is 1. The van der Waals surface area contributed by atoms with E-state index in [1.807, 2.05) is 24.3 Å². The van der Waals surface area contributed by atoms with Gasteiger partial charge in [-0.2, -0.15) is 0 Å². The average molecular weight is 591 g/mol. The molecule has 0 heterocycles. The minimum Gasteiger partial charge on any atom is -0.491 e. The van der Waals surface area contributed by atoms with Crippen LogP contribution < -0.4 is 4.74 Å². The SMILES string of the molecule is CCOC(=O)C(Cc1ccc(OCCOC2c3ccc(CC)cc3C=Cc3ccc(C(C)c4ccccc4)cc32)cc1)OC. The Labute approximate surface area is 261 Å². The van der Waals surface area contributed by atoms with Gasteiger partial charge in [0.25, 0.3) is 0 Å². The van der Waals surface area contributed by atoms with Crippen molar-refractivity contribution in [2.75, 3.05) is 26.9 Å². The van der Waals surface area contributed by atoms with Gasteiger partial charge >= 0.3 is 5.97 Å². The van der Waals surface area contributed by atoms with Crippen molar-refractivity contribution in [2.24, 2.45) is 0 Å². The summed E-state index contributed by atoms with van der Waals surface area (Å²) in [6.07, 6.45) is 5.01. The average Bonchev–Trinajstić information content (AvgIpc) is 3.22. The molecule has 5 rings (SSSR count). The summed E-state index contributed by atoms with van der Waals surface area (Å²) in [5.41, 5.74) is 9.53. The Bertz CT molecular complexity index is 1560. The van der Waals surface area contributed by atoms with Crippen molar-refractivity contribution in [2.45, 2.75) is 51.7 Å². The van der Waals surface area contributed by atoms with Crippen LogP contribution in [0.4, 0.5) is 0 Å². The van der Waals surface area contributed by atoms with Crippen LogP contribution in [0.5, 0.6) is 5.75 Å². The van der Waals surface area contributed by atoms with Crippen LogP contribution in [0.2, 0.25) is 0 Å². The molecule has 3 atom stereocenters. The third-order valence-corrected chi connectivity index (χ3v) is 8.29. The number of fused-ring (bicyclic) bond motifs is 2. The van der Waals surface area contributed by atoms with Crippen molar-refractivity contribution in [3.63, 3.8) is 0 Å². The van der Waals surface area contributed by atoms with E-state index in [1.54, 1.807) is 6.92 Å². The van der Waals surface area contributed by atoms with Crippen LogP contribution in [-0.4, -0.2) is 39.0 Å². The molecular weight excluding hydrogens is 548 g/mol. The van der Waals surface area contributed by atoms with Crippen LogP contribution in [0.25, 0.3) is 12.2 Å². The smallest absolute Gasteiger partial charge is 0.335 e. The van der Waals surface area contributed by atoms with E-state index in [1.165, 1.54) is 46.1 Å². The fraction of sp³-hybridized carbons (Fsp3) is 0.308. The monoisotopic (exact) mass is 590 g/mol. The maximum Gasteiger partial charge on any atom is 0.335 e. The molecule has 0 radical (unpaired) electrons. The molecule has 4 aromatic carbocycles. The largest absolute Gasteiger partial charge is 0.491 e. The van der Waals surface area contributed by atoms with E-state index in [0.29, 0.717) is 26.2 Å². The molecule has 228 valence electrons. The fourth-order valence-corrected chi connectivity index (χ4v) is 5.69. The van der Waals surface area contributed by atoms with Gasteiger partial charge in [0.15, 0.2) is 6.10 Å². The number of benzene rings is 4. The molecule has 0 N–H and O–H groups in total. The van der Waals surface area contributed by atoms with Crippen LogP contribution in [0.1, 0.15) is 77.3 Å². The highest BCUT2D eigenvalue weighted by Gasteiger charge is 2.24. The number of hydrogen-bond acceptors (Lipinski definition) is 5. The molecule has 0 saturated heterocycles. The first-order valence-electron chi connectivity index (χ1n) is 15.5. The summed E-state index contributed by atoms with van der Waals surface area (Å²) >= 11 is 0. The molecule has 0 spiro atoms. The Hall–Kier alpha value is -4.19. The summed E-state index contributed by atoms with van der Waals surface area (Å²) in [5, 5.41) is 0. The predicted octanol–water partition coefficient (Wildman–Crippen LogP) is 8.19. The van der Waals surface area contributed by atoms with Gasteiger partial charge in [-0.25, -0.2) is 4.79 Å². The Balaban J connectivity index is 1.30. The van der Waals surface area contributed by atoms with Crippen molar-refractivity contribution in [1.82, 2.24) is 0 Å². The van der Waals surface area contributed by atoms with Crippen molar-refractivity contribution in [3.05, 3.63) is 136 Å². The van der Waals surface area contributed by atoms with Crippen LogP contribution in [0.15, 0.2) is 91.0 Å². The van der Waals surface area contributed by atoms with Gasteiger partial charge < -0.3 is 18.9 Å². The van der Waals surface area contributed by atoms with Crippen molar-refractivity contribution >= 4 is 18.1 Å². The van der Waals surface area contributed by atoms with E-state index < -0.39 is 6.10 Å². The molecule has 5 nitrogen and oxygen atoms in total. The number of hydrogen-bond donors (Lipinski definition) is 0. The second-order valence-electron chi connectivity index (χ2n) is 11.1. The second-order valence-corrected chi connectivity index (χ2v) is 11.1. The second kappa shape index (κ2) is 15.0. The van der Waals surface area contributed by atoms with Gasteiger partial charge in [0.1, 0.15) is 18.5 Å². The minimum absolute atomic E-state index is 0.219. The quantitative estimate of drug-likeness (QED) is 0.116. The predicted molar refractivity (Wildman–Crippen MR) is 176 cm³/mol. The highest BCUT2D eigenvalue weighted by Crippen LogP contribution is 2.38. The third kappa shape index (κ3) is 7.47. The lowest BCUT2D eigenvalue weighted by atomic mass is 9.88. The molecule has 0 saturated carbocycles. The van der Waals surface area contributed by atoms with E-state index in [9.17, 15) is 4.79 Å². The molecular formula is C39H42O5. The molecule has 0 amide bonds. The lowest BCUT2D eigenvalue weighted by Gasteiger charge is -2.23.